The maximum atomic E-state index is 12.0. The van der Waals surface area contributed by atoms with Crippen molar-refractivity contribution in [3.63, 3.8) is 0 Å². The second kappa shape index (κ2) is 10.3. The molecule has 4 nitrogen and oxygen atoms in total. The third-order valence-corrected chi connectivity index (χ3v) is 3.64. The van der Waals surface area contributed by atoms with E-state index < -0.39 is 0 Å². The molecule has 0 unspecified atom stereocenters. The average Bonchev–Trinajstić information content (AvgIpc) is 2.51. The highest BCUT2D eigenvalue weighted by Crippen LogP contribution is 2.14. The Bertz CT molecular complexity index is 382. The summed E-state index contributed by atoms with van der Waals surface area (Å²) in [5.74, 6) is -0.0998. The second-order valence-electron chi connectivity index (χ2n) is 5.46. The first kappa shape index (κ1) is 17.6. The van der Waals surface area contributed by atoms with Gasteiger partial charge in [-0.05, 0) is 58.1 Å². The number of piperidine rings is 1. The molecule has 0 aromatic carbocycles. The number of ether oxygens (including phenoxy) is 1. The van der Waals surface area contributed by atoms with Crippen LogP contribution in [0.5, 0.6) is 0 Å². The zero-order valence-electron chi connectivity index (χ0n) is 13.3. The van der Waals surface area contributed by atoms with Crippen LogP contribution in [0.25, 0.3) is 0 Å². The maximum Gasteiger partial charge on any atom is 0.323 e. The molecule has 0 radical (unpaired) electrons. The molecule has 1 aliphatic heterocycles. The summed E-state index contributed by atoms with van der Waals surface area (Å²) in [7, 11) is 0. The Morgan fingerprint density at radius 1 is 1.52 bits per heavy atom. The van der Waals surface area contributed by atoms with Crippen molar-refractivity contribution >= 4 is 12.2 Å². The van der Waals surface area contributed by atoms with Gasteiger partial charge < -0.3 is 10.1 Å². The number of allylic oxidation sites excluding steroid dienone is 2. The van der Waals surface area contributed by atoms with Gasteiger partial charge in [0, 0.05) is 12.4 Å². The lowest BCUT2D eigenvalue weighted by molar-refractivity contribution is -0.151. The maximum absolute atomic E-state index is 12.0. The first-order chi connectivity index (χ1) is 10.2. The zero-order chi connectivity index (χ0) is 15.5. The molecule has 0 aromatic heterocycles. The van der Waals surface area contributed by atoms with Crippen LogP contribution in [0.2, 0.25) is 0 Å². The van der Waals surface area contributed by atoms with Crippen molar-refractivity contribution in [1.29, 1.82) is 0 Å². The Balaban J connectivity index is 2.25. The molecule has 1 fully saturated rings. The minimum Gasteiger partial charge on any atom is -0.462 e. The van der Waals surface area contributed by atoms with E-state index in [9.17, 15) is 4.79 Å². The van der Waals surface area contributed by atoms with Crippen LogP contribution in [-0.2, 0) is 9.53 Å². The number of esters is 1. The standard InChI is InChI=1S/C17H28N2O2/c1-4-15(13-18-5-2)10-8-9-14(3)21-17(20)16-11-6-7-12-19-16/h4-5,13-14,16,19H,1,6-12H2,2-3H3/b15-13+,18-5-/t14-,16-/m0/s1. The van der Waals surface area contributed by atoms with Crippen molar-refractivity contribution < 1.29 is 9.53 Å². The summed E-state index contributed by atoms with van der Waals surface area (Å²) in [6.45, 7) is 8.55. The lowest BCUT2D eigenvalue weighted by Crippen LogP contribution is -2.42. The first-order valence-electron chi connectivity index (χ1n) is 7.90. The number of nitrogens with one attached hydrogen (secondary N) is 1. The largest absolute Gasteiger partial charge is 0.462 e. The van der Waals surface area contributed by atoms with Crippen LogP contribution in [0.1, 0.15) is 52.4 Å². The zero-order valence-corrected chi connectivity index (χ0v) is 13.3. The van der Waals surface area contributed by atoms with Gasteiger partial charge in [-0.3, -0.25) is 9.79 Å². The van der Waals surface area contributed by atoms with Crippen LogP contribution in [0.4, 0.5) is 0 Å². The predicted molar refractivity (Wildman–Crippen MR) is 87.5 cm³/mol. The molecular weight excluding hydrogens is 264 g/mol. The molecule has 21 heavy (non-hydrogen) atoms. The fourth-order valence-corrected chi connectivity index (χ4v) is 2.38. The van der Waals surface area contributed by atoms with Crippen LogP contribution in [0, 0.1) is 0 Å². The highest BCUT2D eigenvalue weighted by atomic mass is 16.5. The highest BCUT2D eigenvalue weighted by molar-refractivity contribution is 5.76. The highest BCUT2D eigenvalue weighted by Gasteiger charge is 2.23. The number of nitrogens with zero attached hydrogens (tertiary/aromatic N) is 1. The van der Waals surface area contributed by atoms with E-state index in [0.29, 0.717) is 0 Å². The number of rotatable bonds is 8. The SMILES string of the molecule is C=C/C(=C\N=C/C)CCC[C@H](C)OC(=O)[C@@H]1CCCCN1. The van der Waals surface area contributed by atoms with Crippen LogP contribution in [0.15, 0.2) is 29.4 Å². The number of carbonyl (C=O) groups is 1. The molecule has 1 aliphatic rings. The van der Waals surface area contributed by atoms with Gasteiger partial charge in [-0.2, -0.15) is 0 Å². The van der Waals surface area contributed by atoms with E-state index in [-0.39, 0.29) is 18.1 Å². The van der Waals surface area contributed by atoms with Crippen LogP contribution >= 0.6 is 0 Å². The summed E-state index contributed by atoms with van der Waals surface area (Å²) in [5.41, 5.74) is 1.11. The summed E-state index contributed by atoms with van der Waals surface area (Å²) >= 11 is 0. The van der Waals surface area contributed by atoms with Crippen molar-refractivity contribution in [2.75, 3.05) is 6.54 Å². The molecule has 0 aliphatic carbocycles. The molecule has 2 atom stereocenters. The summed E-state index contributed by atoms with van der Waals surface area (Å²) in [5, 5.41) is 3.22. The van der Waals surface area contributed by atoms with Gasteiger partial charge in [0.15, 0.2) is 0 Å². The van der Waals surface area contributed by atoms with E-state index in [0.717, 1.165) is 50.6 Å². The van der Waals surface area contributed by atoms with Crippen molar-refractivity contribution in [2.45, 2.75) is 64.5 Å². The van der Waals surface area contributed by atoms with E-state index in [1.165, 1.54) is 0 Å². The van der Waals surface area contributed by atoms with E-state index in [1.807, 2.05) is 26.1 Å². The number of hydrogen-bond donors (Lipinski definition) is 1. The van der Waals surface area contributed by atoms with Gasteiger partial charge >= 0.3 is 5.97 Å². The van der Waals surface area contributed by atoms with E-state index in [1.54, 1.807) is 6.21 Å². The molecule has 4 heteroatoms. The molecule has 0 bridgehead atoms. The third-order valence-electron chi connectivity index (χ3n) is 3.64. The molecule has 0 saturated carbocycles. The van der Waals surface area contributed by atoms with Crippen molar-refractivity contribution in [1.82, 2.24) is 5.32 Å². The van der Waals surface area contributed by atoms with Gasteiger partial charge in [0.05, 0.1) is 6.10 Å². The molecular formula is C17H28N2O2. The van der Waals surface area contributed by atoms with Gasteiger partial charge in [0.25, 0.3) is 0 Å². The Morgan fingerprint density at radius 3 is 2.95 bits per heavy atom. The molecule has 1 heterocycles. The number of aliphatic imine (C=N–C) groups is 1. The summed E-state index contributed by atoms with van der Waals surface area (Å²) in [6.07, 6.45) is 11.2. The Kier molecular flexibility index (Phi) is 8.67. The molecule has 1 rings (SSSR count). The molecule has 0 aromatic rings. The average molecular weight is 292 g/mol. The molecule has 118 valence electrons. The fourth-order valence-electron chi connectivity index (χ4n) is 2.38. The lowest BCUT2D eigenvalue weighted by atomic mass is 10.0. The molecule has 1 N–H and O–H groups in total. The minimum atomic E-state index is -0.108. The smallest absolute Gasteiger partial charge is 0.323 e. The summed E-state index contributed by atoms with van der Waals surface area (Å²) in [4.78, 5) is 16.1. The monoisotopic (exact) mass is 292 g/mol. The molecule has 0 spiro atoms. The number of hydrogen-bond acceptors (Lipinski definition) is 4. The van der Waals surface area contributed by atoms with E-state index >= 15 is 0 Å². The second-order valence-corrected chi connectivity index (χ2v) is 5.46. The normalized spacial score (nSPS) is 21.2. The Morgan fingerprint density at radius 2 is 2.33 bits per heavy atom. The third kappa shape index (κ3) is 7.23. The Hall–Kier alpha value is -1.42. The van der Waals surface area contributed by atoms with Gasteiger partial charge in [-0.15, -0.1) is 0 Å². The van der Waals surface area contributed by atoms with Gasteiger partial charge in [0.2, 0.25) is 0 Å². The quantitative estimate of drug-likeness (QED) is 0.424. The summed E-state index contributed by atoms with van der Waals surface area (Å²) in [6, 6.07) is -0.108. The topological polar surface area (TPSA) is 50.7 Å². The first-order valence-corrected chi connectivity index (χ1v) is 7.90. The number of carbonyl (C=O) groups excluding carboxylic acids is 1. The van der Waals surface area contributed by atoms with Crippen molar-refractivity contribution in [3.8, 4) is 0 Å². The predicted octanol–water partition coefficient (Wildman–Crippen LogP) is 3.39. The molecule has 0 amide bonds. The molecule has 1 saturated heterocycles. The van der Waals surface area contributed by atoms with Crippen molar-refractivity contribution in [3.05, 3.63) is 24.4 Å². The van der Waals surface area contributed by atoms with Crippen LogP contribution in [-0.4, -0.2) is 30.9 Å². The van der Waals surface area contributed by atoms with E-state index in [2.05, 4.69) is 16.9 Å². The van der Waals surface area contributed by atoms with Crippen molar-refractivity contribution in [2.24, 2.45) is 4.99 Å². The fraction of sp³-hybridized carbons (Fsp3) is 0.647. The Labute approximate surface area is 128 Å². The summed E-state index contributed by atoms with van der Waals surface area (Å²) < 4.78 is 5.51. The van der Waals surface area contributed by atoms with Gasteiger partial charge in [-0.1, -0.05) is 19.1 Å². The van der Waals surface area contributed by atoms with Crippen LogP contribution < -0.4 is 5.32 Å². The van der Waals surface area contributed by atoms with E-state index in [4.69, 9.17) is 4.74 Å². The van der Waals surface area contributed by atoms with Gasteiger partial charge in [-0.25, -0.2) is 0 Å². The lowest BCUT2D eigenvalue weighted by Gasteiger charge is -2.23. The minimum absolute atomic E-state index is 0.0398. The van der Waals surface area contributed by atoms with Gasteiger partial charge in [0.1, 0.15) is 6.04 Å². The van der Waals surface area contributed by atoms with Crippen LogP contribution in [0.3, 0.4) is 0 Å².